The Morgan fingerprint density at radius 2 is 1.93 bits per heavy atom. The van der Waals surface area contributed by atoms with E-state index in [0.29, 0.717) is 44.0 Å². The standard InChI is InChI=1S/C20H26N4O3/c1-2-15-5-3-4-6-18(15)22-19(25)13-23-7-9-24(10-8-23)20(26)16-11-17(12-21)27-14-16/h3-6,11,14H,2,7-10,12-13,21H2,1H3,(H,22,25). The maximum absolute atomic E-state index is 12.5. The number of anilines is 1. The highest BCUT2D eigenvalue weighted by Crippen LogP contribution is 2.16. The monoisotopic (exact) mass is 370 g/mol. The molecule has 0 saturated carbocycles. The molecular formula is C20H26N4O3. The number of para-hydroxylation sites is 1. The molecule has 0 aliphatic carbocycles. The van der Waals surface area contributed by atoms with Gasteiger partial charge in [-0.2, -0.15) is 0 Å². The number of rotatable bonds is 6. The van der Waals surface area contributed by atoms with E-state index < -0.39 is 0 Å². The number of amides is 2. The molecule has 2 amide bonds. The van der Waals surface area contributed by atoms with Crippen LogP contribution in [0.25, 0.3) is 0 Å². The number of aryl methyl sites for hydroxylation is 1. The molecule has 1 aliphatic heterocycles. The molecule has 1 aromatic carbocycles. The van der Waals surface area contributed by atoms with Gasteiger partial charge in [-0.05, 0) is 24.1 Å². The summed E-state index contributed by atoms with van der Waals surface area (Å²) in [6, 6.07) is 9.53. The Labute approximate surface area is 159 Å². The molecule has 0 atom stereocenters. The van der Waals surface area contributed by atoms with Crippen molar-refractivity contribution in [2.75, 3.05) is 38.0 Å². The van der Waals surface area contributed by atoms with Crippen LogP contribution in [0, 0.1) is 0 Å². The van der Waals surface area contributed by atoms with Crippen LogP contribution < -0.4 is 11.1 Å². The van der Waals surface area contributed by atoms with Crippen LogP contribution in [-0.2, 0) is 17.8 Å². The van der Waals surface area contributed by atoms with E-state index >= 15 is 0 Å². The Morgan fingerprint density at radius 3 is 2.59 bits per heavy atom. The van der Waals surface area contributed by atoms with E-state index in [4.69, 9.17) is 10.2 Å². The molecular weight excluding hydrogens is 344 g/mol. The molecule has 1 saturated heterocycles. The van der Waals surface area contributed by atoms with Gasteiger partial charge in [-0.15, -0.1) is 0 Å². The van der Waals surface area contributed by atoms with Crippen LogP contribution in [0.15, 0.2) is 41.0 Å². The Hall–Kier alpha value is -2.64. The fourth-order valence-corrected chi connectivity index (χ4v) is 3.23. The summed E-state index contributed by atoms with van der Waals surface area (Å²) in [7, 11) is 0. The molecule has 0 bridgehead atoms. The van der Waals surface area contributed by atoms with Crippen molar-refractivity contribution in [3.05, 3.63) is 53.5 Å². The highest BCUT2D eigenvalue weighted by Gasteiger charge is 2.24. The lowest BCUT2D eigenvalue weighted by Crippen LogP contribution is -2.50. The van der Waals surface area contributed by atoms with Gasteiger partial charge in [0.2, 0.25) is 5.91 Å². The van der Waals surface area contributed by atoms with Gasteiger partial charge in [0, 0.05) is 31.9 Å². The molecule has 1 aromatic heterocycles. The second-order valence-electron chi connectivity index (χ2n) is 6.63. The first-order valence-corrected chi connectivity index (χ1v) is 9.27. The van der Waals surface area contributed by atoms with Crippen LogP contribution in [0.1, 0.15) is 28.6 Å². The highest BCUT2D eigenvalue weighted by molar-refractivity contribution is 5.94. The van der Waals surface area contributed by atoms with Crippen LogP contribution in [0.4, 0.5) is 5.69 Å². The Morgan fingerprint density at radius 1 is 1.19 bits per heavy atom. The number of hydrogen-bond donors (Lipinski definition) is 2. The van der Waals surface area contributed by atoms with Gasteiger partial charge >= 0.3 is 0 Å². The number of piperazine rings is 1. The summed E-state index contributed by atoms with van der Waals surface area (Å²) in [6.07, 6.45) is 2.33. The third-order valence-corrected chi connectivity index (χ3v) is 4.80. The summed E-state index contributed by atoms with van der Waals surface area (Å²) in [5.41, 5.74) is 8.04. The number of nitrogens with two attached hydrogens (primary N) is 1. The van der Waals surface area contributed by atoms with Crippen molar-refractivity contribution in [2.45, 2.75) is 19.9 Å². The number of carbonyl (C=O) groups is 2. The number of nitrogens with zero attached hydrogens (tertiary/aromatic N) is 2. The van der Waals surface area contributed by atoms with Gasteiger partial charge in [-0.3, -0.25) is 14.5 Å². The minimum atomic E-state index is -0.0561. The van der Waals surface area contributed by atoms with Gasteiger partial charge < -0.3 is 20.4 Å². The maximum atomic E-state index is 12.5. The number of furan rings is 1. The minimum Gasteiger partial charge on any atom is -0.467 e. The molecule has 27 heavy (non-hydrogen) atoms. The molecule has 1 fully saturated rings. The Bertz CT molecular complexity index is 794. The number of nitrogens with one attached hydrogen (secondary N) is 1. The van der Waals surface area contributed by atoms with E-state index in [-0.39, 0.29) is 18.4 Å². The summed E-state index contributed by atoms with van der Waals surface area (Å²) in [4.78, 5) is 28.7. The minimum absolute atomic E-state index is 0.0295. The predicted octanol–water partition coefficient (Wildman–Crippen LogP) is 1.70. The second kappa shape index (κ2) is 8.83. The van der Waals surface area contributed by atoms with Crippen molar-refractivity contribution < 1.29 is 14.0 Å². The van der Waals surface area contributed by atoms with Gasteiger partial charge in [0.25, 0.3) is 5.91 Å². The molecule has 2 aromatic rings. The van der Waals surface area contributed by atoms with Crippen molar-refractivity contribution >= 4 is 17.5 Å². The van der Waals surface area contributed by atoms with Gasteiger partial charge in [0.1, 0.15) is 12.0 Å². The number of carbonyl (C=O) groups excluding carboxylic acids is 2. The summed E-state index contributed by atoms with van der Waals surface area (Å²) in [5.74, 6) is 0.513. The molecule has 3 rings (SSSR count). The first kappa shape index (κ1) is 19.1. The van der Waals surface area contributed by atoms with Crippen molar-refractivity contribution in [3.8, 4) is 0 Å². The Balaban J connectivity index is 1.49. The van der Waals surface area contributed by atoms with E-state index in [1.807, 2.05) is 24.3 Å². The molecule has 1 aliphatic rings. The lowest BCUT2D eigenvalue weighted by atomic mass is 10.1. The van der Waals surface area contributed by atoms with E-state index in [0.717, 1.165) is 17.7 Å². The zero-order chi connectivity index (χ0) is 19.2. The molecule has 2 heterocycles. The smallest absolute Gasteiger partial charge is 0.257 e. The normalized spacial score (nSPS) is 15.0. The Kier molecular flexibility index (Phi) is 6.26. The lowest BCUT2D eigenvalue weighted by Gasteiger charge is -2.34. The quantitative estimate of drug-likeness (QED) is 0.807. The van der Waals surface area contributed by atoms with E-state index in [9.17, 15) is 9.59 Å². The number of hydrogen-bond acceptors (Lipinski definition) is 5. The first-order chi connectivity index (χ1) is 13.1. The van der Waals surface area contributed by atoms with Gasteiger partial charge in [0.15, 0.2) is 0 Å². The topological polar surface area (TPSA) is 91.8 Å². The fourth-order valence-electron chi connectivity index (χ4n) is 3.23. The van der Waals surface area contributed by atoms with Crippen molar-refractivity contribution in [1.29, 1.82) is 0 Å². The molecule has 7 heteroatoms. The fraction of sp³-hybridized carbons (Fsp3) is 0.400. The van der Waals surface area contributed by atoms with Crippen molar-refractivity contribution in [3.63, 3.8) is 0 Å². The van der Waals surface area contributed by atoms with E-state index in [2.05, 4.69) is 17.1 Å². The van der Waals surface area contributed by atoms with Crippen molar-refractivity contribution in [1.82, 2.24) is 9.80 Å². The number of benzene rings is 1. The summed E-state index contributed by atoms with van der Waals surface area (Å²) in [6.45, 7) is 5.16. The van der Waals surface area contributed by atoms with Crippen LogP contribution in [0.5, 0.6) is 0 Å². The molecule has 0 spiro atoms. The second-order valence-corrected chi connectivity index (χ2v) is 6.63. The summed E-state index contributed by atoms with van der Waals surface area (Å²) < 4.78 is 5.24. The van der Waals surface area contributed by atoms with Crippen LogP contribution in [-0.4, -0.2) is 54.3 Å². The zero-order valence-electron chi connectivity index (χ0n) is 15.6. The van der Waals surface area contributed by atoms with Crippen LogP contribution in [0.3, 0.4) is 0 Å². The summed E-state index contributed by atoms with van der Waals surface area (Å²) >= 11 is 0. The molecule has 0 radical (unpaired) electrons. The maximum Gasteiger partial charge on any atom is 0.257 e. The van der Waals surface area contributed by atoms with Gasteiger partial charge in [0.05, 0.1) is 18.7 Å². The van der Waals surface area contributed by atoms with E-state index in [1.54, 1.807) is 11.0 Å². The average molecular weight is 370 g/mol. The molecule has 0 unspecified atom stereocenters. The molecule has 7 nitrogen and oxygen atoms in total. The van der Waals surface area contributed by atoms with Crippen LogP contribution in [0.2, 0.25) is 0 Å². The third kappa shape index (κ3) is 4.75. The molecule has 144 valence electrons. The highest BCUT2D eigenvalue weighted by atomic mass is 16.3. The third-order valence-electron chi connectivity index (χ3n) is 4.80. The van der Waals surface area contributed by atoms with E-state index in [1.165, 1.54) is 6.26 Å². The van der Waals surface area contributed by atoms with Crippen LogP contribution >= 0.6 is 0 Å². The van der Waals surface area contributed by atoms with Crippen molar-refractivity contribution in [2.24, 2.45) is 5.73 Å². The molecule has 3 N–H and O–H groups in total. The largest absolute Gasteiger partial charge is 0.467 e. The van der Waals surface area contributed by atoms with Gasteiger partial charge in [-0.25, -0.2) is 0 Å². The zero-order valence-corrected chi connectivity index (χ0v) is 15.6. The lowest BCUT2D eigenvalue weighted by molar-refractivity contribution is -0.117. The van der Waals surface area contributed by atoms with Gasteiger partial charge in [-0.1, -0.05) is 25.1 Å². The predicted molar refractivity (Wildman–Crippen MR) is 103 cm³/mol. The SMILES string of the molecule is CCc1ccccc1NC(=O)CN1CCN(C(=O)c2coc(CN)c2)CC1. The summed E-state index contributed by atoms with van der Waals surface area (Å²) in [5, 5.41) is 2.99. The first-order valence-electron chi connectivity index (χ1n) is 9.27. The average Bonchev–Trinajstić information content (AvgIpc) is 3.17.